The molecule has 0 bridgehead atoms. The van der Waals surface area contributed by atoms with Crippen molar-refractivity contribution in [2.24, 2.45) is 0 Å². The fourth-order valence-electron chi connectivity index (χ4n) is 1.75. The van der Waals surface area contributed by atoms with E-state index in [-0.39, 0.29) is 12.0 Å². The van der Waals surface area contributed by atoms with Crippen LogP contribution in [0, 0.1) is 0 Å². The van der Waals surface area contributed by atoms with E-state index in [1.165, 1.54) is 0 Å². The number of rotatable bonds is 4. The molecular weight excluding hydrogens is 398 g/mol. The predicted octanol–water partition coefficient (Wildman–Crippen LogP) is 5.25. The molecule has 0 unspecified atom stereocenters. The second kappa shape index (κ2) is 7.09. The van der Waals surface area contributed by atoms with E-state index < -0.39 is 0 Å². The Labute approximate surface area is 141 Å². The first-order valence-electron chi connectivity index (χ1n) is 6.49. The fraction of sp³-hybridized carbons (Fsp3) is 0.188. The lowest BCUT2D eigenvalue weighted by Crippen LogP contribution is -2.13. The molecular formula is C16H15Br2NO2. The average Bonchev–Trinajstić information content (AvgIpc) is 2.43. The number of halogens is 2. The third-order valence-corrected chi connectivity index (χ3v) is 3.99. The molecule has 0 aliphatic heterocycles. The number of para-hydroxylation sites is 1. The van der Waals surface area contributed by atoms with Crippen molar-refractivity contribution in [3.05, 3.63) is 57.0 Å². The molecule has 0 radical (unpaired) electrons. The molecule has 2 rings (SSSR count). The van der Waals surface area contributed by atoms with Crippen LogP contribution in [0.2, 0.25) is 0 Å². The molecule has 2 aromatic rings. The summed E-state index contributed by atoms with van der Waals surface area (Å²) in [5.41, 5.74) is 1.30. The molecule has 21 heavy (non-hydrogen) atoms. The van der Waals surface area contributed by atoms with Gasteiger partial charge in [-0.05, 0) is 76.0 Å². The lowest BCUT2D eigenvalue weighted by Gasteiger charge is -2.13. The minimum absolute atomic E-state index is 0.0845. The zero-order valence-electron chi connectivity index (χ0n) is 11.7. The highest BCUT2D eigenvalue weighted by molar-refractivity contribution is 9.11. The Morgan fingerprint density at radius 2 is 1.81 bits per heavy atom. The Morgan fingerprint density at radius 1 is 1.10 bits per heavy atom. The van der Waals surface area contributed by atoms with E-state index in [9.17, 15) is 4.79 Å². The molecule has 0 saturated heterocycles. The summed E-state index contributed by atoms with van der Waals surface area (Å²) in [6, 6.07) is 12.8. The van der Waals surface area contributed by atoms with Gasteiger partial charge in [-0.25, -0.2) is 0 Å². The summed E-state index contributed by atoms with van der Waals surface area (Å²) in [6.45, 7) is 3.92. The molecule has 110 valence electrons. The molecule has 0 aliphatic carbocycles. The second-order valence-corrected chi connectivity index (χ2v) is 6.45. The van der Waals surface area contributed by atoms with Crippen molar-refractivity contribution in [3.8, 4) is 5.75 Å². The van der Waals surface area contributed by atoms with Crippen LogP contribution in [0.4, 0.5) is 5.69 Å². The quantitative estimate of drug-likeness (QED) is 0.744. The summed E-state index contributed by atoms with van der Waals surface area (Å²) in [5.74, 6) is 0.557. The number of ether oxygens (including phenoxy) is 1. The normalized spacial score (nSPS) is 10.5. The van der Waals surface area contributed by atoms with E-state index in [2.05, 4.69) is 37.2 Å². The van der Waals surface area contributed by atoms with E-state index in [0.29, 0.717) is 5.56 Å². The molecule has 1 N–H and O–H groups in total. The Bertz CT molecular complexity index is 656. The summed E-state index contributed by atoms with van der Waals surface area (Å²) >= 11 is 6.84. The van der Waals surface area contributed by atoms with Gasteiger partial charge in [0.1, 0.15) is 5.75 Å². The number of hydrogen-bond acceptors (Lipinski definition) is 2. The van der Waals surface area contributed by atoms with Crippen molar-refractivity contribution >= 4 is 43.5 Å². The van der Waals surface area contributed by atoms with Crippen molar-refractivity contribution in [1.29, 1.82) is 0 Å². The molecule has 3 nitrogen and oxygen atoms in total. The number of nitrogens with one attached hydrogen (secondary N) is 1. The van der Waals surface area contributed by atoms with Gasteiger partial charge < -0.3 is 10.1 Å². The average molecular weight is 413 g/mol. The van der Waals surface area contributed by atoms with Gasteiger partial charge in [-0.2, -0.15) is 0 Å². The van der Waals surface area contributed by atoms with E-state index in [0.717, 1.165) is 20.4 Å². The predicted molar refractivity (Wildman–Crippen MR) is 92.0 cm³/mol. The van der Waals surface area contributed by atoms with Crippen molar-refractivity contribution in [3.63, 3.8) is 0 Å². The molecule has 0 spiro atoms. The zero-order valence-corrected chi connectivity index (χ0v) is 14.9. The first-order chi connectivity index (χ1) is 9.97. The zero-order chi connectivity index (χ0) is 15.4. The van der Waals surface area contributed by atoms with Gasteiger partial charge in [0.2, 0.25) is 0 Å². The number of anilines is 1. The Kier molecular flexibility index (Phi) is 5.42. The number of amides is 1. The smallest absolute Gasteiger partial charge is 0.255 e. The number of carbonyl (C=O) groups is 1. The highest BCUT2D eigenvalue weighted by atomic mass is 79.9. The topological polar surface area (TPSA) is 38.3 Å². The van der Waals surface area contributed by atoms with Crippen LogP contribution >= 0.6 is 31.9 Å². The maximum atomic E-state index is 12.3. The van der Waals surface area contributed by atoms with Gasteiger partial charge in [0, 0.05) is 10.0 Å². The Hall–Kier alpha value is -1.33. The molecule has 2 aromatic carbocycles. The minimum Gasteiger partial charge on any atom is -0.490 e. The third-order valence-electron chi connectivity index (χ3n) is 2.68. The van der Waals surface area contributed by atoms with Crippen molar-refractivity contribution in [1.82, 2.24) is 0 Å². The molecule has 0 aliphatic rings. The Balaban J connectivity index is 2.17. The van der Waals surface area contributed by atoms with Crippen LogP contribution in [0.1, 0.15) is 24.2 Å². The molecule has 0 fully saturated rings. The number of hydrogen-bond donors (Lipinski definition) is 1. The van der Waals surface area contributed by atoms with Gasteiger partial charge in [-0.3, -0.25) is 4.79 Å². The van der Waals surface area contributed by atoms with Gasteiger partial charge in [-0.1, -0.05) is 12.1 Å². The second-order valence-electron chi connectivity index (χ2n) is 4.75. The van der Waals surface area contributed by atoms with Gasteiger partial charge in [0.25, 0.3) is 5.91 Å². The van der Waals surface area contributed by atoms with Gasteiger partial charge in [0.15, 0.2) is 0 Å². The lowest BCUT2D eigenvalue weighted by molar-refractivity contribution is 0.102. The molecule has 0 aromatic heterocycles. The fourth-order valence-corrected chi connectivity index (χ4v) is 2.60. The standard InChI is InChI=1S/C16H15Br2NO2/c1-10(2)21-15-8-7-11(9-13(15)18)16(20)19-14-6-4-3-5-12(14)17/h3-10H,1-2H3,(H,19,20). The summed E-state index contributed by atoms with van der Waals surface area (Å²) in [5, 5.41) is 2.87. The minimum atomic E-state index is -0.168. The highest BCUT2D eigenvalue weighted by Gasteiger charge is 2.11. The van der Waals surface area contributed by atoms with Crippen LogP contribution in [0.5, 0.6) is 5.75 Å². The maximum Gasteiger partial charge on any atom is 0.255 e. The number of benzene rings is 2. The third kappa shape index (κ3) is 4.32. The molecule has 0 saturated carbocycles. The largest absolute Gasteiger partial charge is 0.490 e. The van der Waals surface area contributed by atoms with Crippen LogP contribution in [-0.2, 0) is 0 Å². The first kappa shape index (κ1) is 16.0. The highest BCUT2D eigenvalue weighted by Crippen LogP contribution is 2.28. The summed E-state index contributed by atoms with van der Waals surface area (Å²) in [6.07, 6.45) is 0.0845. The molecule has 5 heteroatoms. The molecule has 1 amide bonds. The van der Waals surface area contributed by atoms with E-state index in [1.807, 2.05) is 38.1 Å². The number of carbonyl (C=O) groups excluding carboxylic acids is 1. The van der Waals surface area contributed by atoms with Gasteiger partial charge in [0.05, 0.1) is 16.3 Å². The van der Waals surface area contributed by atoms with E-state index in [1.54, 1.807) is 18.2 Å². The van der Waals surface area contributed by atoms with Gasteiger partial charge in [-0.15, -0.1) is 0 Å². The van der Waals surface area contributed by atoms with Crippen LogP contribution in [0.3, 0.4) is 0 Å². The molecule has 0 atom stereocenters. The SMILES string of the molecule is CC(C)Oc1ccc(C(=O)Nc2ccccc2Br)cc1Br. The van der Waals surface area contributed by atoms with Crippen LogP contribution in [-0.4, -0.2) is 12.0 Å². The summed E-state index contributed by atoms with van der Waals surface area (Å²) in [4.78, 5) is 12.3. The van der Waals surface area contributed by atoms with E-state index in [4.69, 9.17) is 4.74 Å². The summed E-state index contributed by atoms with van der Waals surface area (Å²) < 4.78 is 7.24. The van der Waals surface area contributed by atoms with Crippen LogP contribution in [0.15, 0.2) is 51.4 Å². The van der Waals surface area contributed by atoms with Crippen LogP contribution < -0.4 is 10.1 Å². The summed E-state index contributed by atoms with van der Waals surface area (Å²) in [7, 11) is 0. The van der Waals surface area contributed by atoms with E-state index >= 15 is 0 Å². The van der Waals surface area contributed by atoms with Crippen molar-refractivity contribution in [2.75, 3.05) is 5.32 Å². The van der Waals surface area contributed by atoms with Gasteiger partial charge >= 0.3 is 0 Å². The lowest BCUT2D eigenvalue weighted by atomic mass is 10.2. The van der Waals surface area contributed by atoms with Crippen molar-refractivity contribution in [2.45, 2.75) is 20.0 Å². The first-order valence-corrected chi connectivity index (χ1v) is 8.08. The van der Waals surface area contributed by atoms with Crippen molar-refractivity contribution < 1.29 is 9.53 Å². The Morgan fingerprint density at radius 3 is 2.43 bits per heavy atom. The van der Waals surface area contributed by atoms with Crippen LogP contribution in [0.25, 0.3) is 0 Å². The maximum absolute atomic E-state index is 12.3. The molecule has 0 heterocycles. The monoisotopic (exact) mass is 411 g/mol.